The topological polar surface area (TPSA) is 63.7 Å². The number of fused-ring (bicyclic) bond motifs is 5. The number of nitrogens with zero attached hydrogens (tertiary/aromatic N) is 1. The molecule has 3 aliphatic rings. The predicted molar refractivity (Wildman–Crippen MR) is 83.2 cm³/mol. The van der Waals surface area contributed by atoms with Gasteiger partial charge in [-0.05, 0) is 43.4 Å². The molecule has 1 aromatic carbocycles. The number of ether oxygens (including phenoxy) is 1. The maximum atomic E-state index is 12.9. The van der Waals surface area contributed by atoms with Crippen LogP contribution in [0.15, 0.2) is 30.4 Å². The van der Waals surface area contributed by atoms with Gasteiger partial charge in [-0.3, -0.25) is 14.4 Å². The quantitative estimate of drug-likeness (QED) is 0.488. The highest BCUT2D eigenvalue weighted by molar-refractivity contribution is 6.23. The van der Waals surface area contributed by atoms with Gasteiger partial charge in [0.1, 0.15) is 5.75 Å². The molecular formula is C18H17NO4. The second-order valence-corrected chi connectivity index (χ2v) is 6.45. The highest BCUT2D eigenvalue weighted by atomic mass is 16.5. The molecular weight excluding hydrogens is 294 g/mol. The molecule has 5 nitrogen and oxygen atoms in total. The number of hydrogen-bond acceptors (Lipinski definition) is 4. The van der Waals surface area contributed by atoms with Crippen LogP contribution in [0, 0.1) is 23.7 Å². The number of benzene rings is 1. The van der Waals surface area contributed by atoms with Crippen molar-refractivity contribution in [2.24, 2.45) is 23.7 Å². The monoisotopic (exact) mass is 311 g/mol. The van der Waals surface area contributed by atoms with Gasteiger partial charge in [0, 0.05) is 5.56 Å². The molecule has 0 aromatic heterocycles. The largest absolute Gasteiger partial charge is 0.495 e. The Hall–Kier alpha value is -2.43. The van der Waals surface area contributed by atoms with Gasteiger partial charge in [-0.2, -0.15) is 0 Å². The molecule has 1 heterocycles. The molecule has 0 N–H and O–H groups in total. The number of anilines is 1. The fraction of sp³-hybridized carbons (Fsp3) is 0.389. The van der Waals surface area contributed by atoms with Crippen molar-refractivity contribution in [1.82, 2.24) is 0 Å². The van der Waals surface area contributed by atoms with E-state index in [1.807, 2.05) is 0 Å². The predicted octanol–water partition coefficient (Wildman–Crippen LogP) is 2.21. The molecule has 118 valence electrons. The van der Waals surface area contributed by atoms with Crippen molar-refractivity contribution in [3.05, 3.63) is 35.9 Å². The summed E-state index contributed by atoms with van der Waals surface area (Å²) in [5.41, 5.74) is 0.837. The Morgan fingerprint density at radius 2 is 1.74 bits per heavy atom. The van der Waals surface area contributed by atoms with Crippen molar-refractivity contribution in [2.75, 3.05) is 12.0 Å². The fourth-order valence-electron chi connectivity index (χ4n) is 4.22. The number of imide groups is 1. The number of hydrogen-bond donors (Lipinski definition) is 0. The SMILES string of the molecule is COc1ccc(C(C)=O)cc1N1C(=O)[C@@H]2[C@H](C1=O)[C@@H]1C=C[C@H]2C1. The number of rotatable bonds is 3. The first kappa shape index (κ1) is 14.2. The molecule has 0 radical (unpaired) electrons. The summed E-state index contributed by atoms with van der Waals surface area (Å²) in [6.07, 6.45) is 5.01. The normalized spacial score (nSPS) is 31.0. The van der Waals surface area contributed by atoms with Crippen LogP contribution in [0.5, 0.6) is 5.75 Å². The maximum Gasteiger partial charge on any atom is 0.238 e. The second kappa shape index (κ2) is 4.78. The molecule has 2 fully saturated rings. The zero-order valence-electron chi connectivity index (χ0n) is 13.0. The minimum atomic E-state index is -0.261. The first-order valence-corrected chi connectivity index (χ1v) is 7.78. The van der Waals surface area contributed by atoms with Crippen LogP contribution in [-0.4, -0.2) is 24.7 Å². The lowest BCUT2D eigenvalue weighted by Gasteiger charge is -2.20. The van der Waals surface area contributed by atoms with Crippen molar-refractivity contribution >= 4 is 23.3 Å². The Bertz CT molecular complexity index is 736. The molecule has 1 saturated heterocycles. The third-order valence-corrected chi connectivity index (χ3v) is 5.30. The first-order valence-electron chi connectivity index (χ1n) is 7.78. The number of amides is 2. The molecule has 23 heavy (non-hydrogen) atoms. The number of carbonyl (C=O) groups is 3. The Morgan fingerprint density at radius 3 is 2.26 bits per heavy atom. The molecule has 4 rings (SSSR count). The molecule has 5 heteroatoms. The zero-order chi connectivity index (χ0) is 16.3. The summed E-state index contributed by atoms with van der Waals surface area (Å²) in [7, 11) is 1.49. The van der Waals surface area contributed by atoms with E-state index in [-0.39, 0.29) is 41.3 Å². The van der Waals surface area contributed by atoms with Gasteiger partial charge >= 0.3 is 0 Å². The average molecular weight is 311 g/mol. The minimum Gasteiger partial charge on any atom is -0.495 e. The van der Waals surface area contributed by atoms with Crippen molar-refractivity contribution in [3.63, 3.8) is 0 Å². The standard InChI is InChI=1S/C18H17NO4/c1-9(20)10-5-6-14(23-2)13(8-10)19-17(21)15-11-3-4-12(7-11)16(15)18(19)22/h3-6,8,11-12,15-16H,7H2,1-2H3/t11-,12+,15-,16+. The van der Waals surface area contributed by atoms with E-state index in [1.165, 1.54) is 18.9 Å². The van der Waals surface area contributed by atoms with Crippen LogP contribution in [-0.2, 0) is 9.59 Å². The maximum absolute atomic E-state index is 12.9. The van der Waals surface area contributed by atoms with Gasteiger partial charge in [0.05, 0.1) is 24.6 Å². The number of allylic oxidation sites excluding steroid dienone is 2. The third kappa shape index (κ3) is 1.82. The Kier molecular flexibility index (Phi) is 2.95. The first-order chi connectivity index (χ1) is 11.0. The van der Waals surface area contributed by atoms with E-state index in [0.717, 1.165) is 6.42 Å². The van der Waals surface area contributed by atoms with E-state index in [9.17, 15) is 14.4 Å². The lowest BCUT2D eigenvalue weighted by molar-refractivity contribution is -0.123. The van der Waals surface area contributed by atoms with E-state index in [4.69, 9.17) is 4.74 Å². The van der Waals surface area contributed by atoms with Crippen LogP contribution < -0.4 is 9.64 Å². The van der Waals surface area contributed by atoms with Crippen LogP contribution in [0.2, 0.25) is 0 Å². The number of ketones is 1. The van der Waals surface area contributed by atoms with Gasteiger partial charge in [0.2, 0.25) is 11.8 Å². The summed E-state index contributed by atoms with van der Waals surface area (Å²) in [6, 6.07) is 4.85. The average Bonchev–Trinajstić information content (AvgIpc) is 3.21. The van der Waals surface area contributed by atoms with Gasteiger partial charge in [-0.15, -0.1) is 0 Å². The van der Waals surface area contributed by atoms with Gasteiger partial charge in [-0.1, -0.05) is 12.2 Å². The van der Waals surface area contributed by atoms with E-state index < -0.39 is 0 Å². The third-order valence-electron chi connectivity index (χ3n) is 5.30. The molecule has 2 aliphatic carbocycles. The Balaban J connectivity index is 1.80. The van der Waals surface area contributed by atoms with Crippen LogP contribution in [0.25, 0.3) is 0 Å². The summed E-state index contributed by atoms with van der Waals surface area (Å²) in [4.78, 5) is 38.6. The zero-order valence-corrected chi connectivity index (χ0v) is 13.0. The lowest BCUT2D eigenvalue weighted by Crippen LogP contribution is -2.33. The summed E-state index contributed by atoms with van der Waals surface area (Å²) in [6.45, 7) is 1.46. The van der Waals surface area contributed by atoms with Crippen molar-refractivity contribution in [1.29, 1.82) is 0 Å². The van der Waals surface area contributed by atoms with Crippen LogP contribution >= 0.6 is 0 Å². The van der Waals surface area contributed by atoms with E-state index in [2.05, 4.69) is 12.2 Å². The summed E-state index contributed by atoms with van der Waals surface area (Å²) in [5.74, 6) is -0.230. The fourth-order valence-corrected chi connectivity index (χ4v) is 4.22. The lowest BCUT2D eigenvalue weighted by atomic mass is 9.85. The number of methoxy groups -OCH3 is 1. The highest BCUT2D eigenvalue weighted by Gasteiger charge is 2.59. The molecule has 4 atom stereocenters. The molecule has 2 bridgehead atoms. The van der Waals surface area contributed by atoms with Gasteiger partial charge in [0.25, 0.3) is 0 Å². The Labute approximate surface area is 133 Å². The van der Waals surface area contributed by atoms with Crippen molar-refractivity contribution < 1.29 is 19.1 Å². The molecule has 0 spiro atoms. The van der Waals surface area contributed by atoms with Gasteiger partial charge < -0.3 is 4.74 Å². The van der Waals surface area contributed by atoms with Crippen LogP contribution in [0.3, 0.4) is 0 Å². The van der Waals surface area contributed by atoms with E-state index in [0.29, 0.717) is 17.0 Å². The van der Waals surface area contributed by atoms with E-state index >= 15 is 0 Å². The molecule has 1 aliphatic heterocycles. The minimum absolute atomic E-state index is 0.116. The summed E-state index contributed by atoms with van der Waals surface area (Å²) < 4.78 is 5.31. The molecule has 2 amide bonds. The number of carbonyl (C=O) groups excluding carboxylic acids is 3. The van der Waals surface area contributed by atoms with Gasteiger partial charge in [0.15, 0.2) is 5.78 Å². The number of Topliss-reactive ketones (excluding diaryl/α,β-unsaturated/α-hetero) is 1. The molecule has 1 saturated carbocycles. The van der Waals surface area contributed by atoms with Crippen LogP contribution in [0.1, 0.15) is 23.7 Å². The molecule has 1 aromatic rings. The summed E-state index contributed by atoms with van der Waals surface area (Å²) >= 11 is 0. The van der Waals surface area contributed by atoms with Gasteiger partial charge in [-0.25, -0.2) is 4.90 Å². The van der Waals surface area contributed by atoms with Crippen molar-refractivity contribution in [2.45, 2.75) is 13.3 Å². The molecule has 0 unspecified atom stereocenters. The van der Waals surface area contributed by atoms with Crippen LogP contribution in [0.4, 0.5) is 5.69 Å². The highest BCUT2D eigenvalue weighted by Crippen LogP contribution is 2.53. The van der Waals surface area contributed by atoms with E-state index in [1.54, 1.807) is 18.2 Å². The van der Waals surface area contributed by atoms with Crippen molar-refractivity contribution in [3.8, 4) is 5.75 Å². The smallest absolute Gasteiger partial charge is 0.238 e. The second-order valence-electron chi connectivity index (χ2n) is 6.45. The summed E-state index contributed by atoms with van der Waals surface area (Å²) in [5, 5.41) is 0. The Morgan fingerprint density at radius 1 is 1.13 bits per heavy atom.